The first kappa shape index (κ1) is 17.0. The van der Waals surface area contributed by atoms with Crippen LogP contribution in [0.1, 0.15) is 17.5 Å². The number of alkyl carbamates (subject to hydrolysis) is 1. The van der Waals surface area contributed by atoms with Crippen LogP contribution in [0.2, 0.25) is 0 Å². The normalized spacial score (nSPS) is 17.6. The van der Waals surface area contributed by atoms with E-state index in [0.29, 0.717) is 12.8 Å². The molecule has 2 atom stereocenters. The molecule has 25 heavy (non-hydrogen) atoms. The van der Waals surface area contributed by atoms with Gasteiger partial charge in [0, 0.05) is 6.42 Å². The van der Waals surface area contributed by atoms with Gasteiger partial charge in [-0.25, -0.2) is 10.2 Å². The van der Waals surface area contributed by atoms with Crippen LogP contribution in [-0.2, 0) is 22.6 Å². The monoisotopic (exact) mass is 339 g/mol. The summed E-state index contributed by atoms with van der Waals surface area (Å²) in [5.41, 5.74) is 7.53. The van der Waals surface area contributed by atoms with Crippen LogP contribution in [0, 0.1) is 0 Å². The van der Waals surface area contributed by atoms with Crippen molar-refractivity contribution in [2.45, 2.75) is 31.5 Å². The molecule has 130 valence electrons. The molecular formula is C19H21N3O3. The zero-order valence-electron chi connectivity index (χ0n) is 13.8. The number of rotatable bonds is 6. The fourth-order valence-electron chi connectivity index (χ4n) is 2.80. The molecule has 0 saturated carbocycles. The van der Waals surface area contributed by atoms with Crippen LogP contribution in [-0.4, -0.2) is 24.1 Å². The van der Waals surface area contributed by atoms with Crippen LogP contribution < -0.4 is 16.2 Å². The van der Waals surface area contributed by atoms with Crippen molar-refractivity contribution >= 4 is 12.0 Å². The maximum absolute atomic E-state index is 12.2. The number of carbonyl (C=O) groups is 2. The summed E-state index contributed by atoms with van der Waals surface area (Å²) in [5.74, 6) is -0.0810. The number of hydrogen-bond acceptors (Lipinski definition) is 4. The fourth-order valence-corrected chi connectivity index (χ4v) is 2.80. The number of hydrazine groups is 1. The van der Waals surface area contributed by atoms with Crippen molar-refractivity contribution in [2.75, 3.05) is 0 Å². The second kappa shape index (κ2) is 8.30. The SMILES string of the molecule is O=C1C[C@H]([C@H](Cc2ccccc2)NC(=O)OCc2ccccc2)NN1. The van der Waals surface area contributed by atoms with Crippen LogP contribution >= 0.6 is 0 Å². The number of amides is 2. The smallest absolute Gasteiger partial charge is 0.407 e. The second-order valence-corrected chi connectivity index (χ2v) is 6.01. The first-order chi connectivity index (χ1) is 12.2. The summed E-state index contributed by atoms with van der Waals surface area (Å²) in [7, 11) is 0. The molecule has 1 aliphatic heterocycles. The van der Waals surface area contributed by atoms with Crippen LogP contribution in [0.3, 0.4) is 0 Å². The second-order valence-electron chi connectivity index (χ2n) is 6.01. The molecule has 1 saturated heterocycles. The molecule has 2 aromatic carbocycles. The van der Waals surface area contributed by atoms with E-state index >= 15 is 0 Å². The van der Waals surface area contributed by atoms with Crippen molar-refractivity contribution in [3.05, 3.63) is 71.8 Å². The molecule has 3 N–H and O–H groups in total. The molecule has 6 nitrogen and oxygen atoms in total. The maximum atomic E-state index is 12.2. The third-order valence-corrected chi connectivity index (χ3v) is 4.10. The molecule has 2 amide bonds. The molecule has 0 radical (unpaired) electrons. The van der Waals surface area contributed by atoms with Crippen LogP contribution in [0.5, 0.6) is 0 Å². The Morgan fingerprint density at radius 1 is 1.08 bits per heavy atom. The van der Waals surface area contributed by atoms with Gasteiger partial charge in [0.1, 0.15) is 6.61 Å². The van der Waals surface area contributed by atoms with Crippen LogP contribution in [0.4, 0.5) is 4.79 Å². The van der Waals surface area contributed by atoms with Gasteiger partial charge in [-0.2, -0.15) is 0 Å². The van der Waals surface area contributed by atoms with Crippen molar-refractivity contribution in [1.29, 1.82) is 0 Å². The molecular weight excluding hydrogens is 318 g/mol. The molecule has 6 heteroatoms. The molecule has 0 aliphatic carbocycles. The summed E-state index contributed by atoms with van der Waals surface area (Å²) in [6.45, 7) is 0.208. The largest absolute Gasteiger partial charge is 0.445 e. The van der Waals surface area contributed by atoms with Gasteiger partial charge in [0.25, 0.3) is 0 Å². The highest BCUT2D eigenvalue weighted by Crippen LogP contribution is 2.11. The molecule has 2 aromatic rings. The third kappa shape index (κ3) is 5.06. The van der Waals surface area contributed by atoms with E-state index in [4.69, 9.17) is 4.74 Å². The van der Waals surface area contributed by atoms with Gasteiger partial charge in [-0.3, -0.25) is 10.2 Å². The van der Waals surface area contributed by atoms with Gasteiger partial charge < -0.3 is 10.1 Å². The summed E-state index contributed by atoms with van der Waals surface area (Å²) in [4.78, 5) is 23.7. The number of nitrogens with one attached hydrogen (secondary N) is 3. The first-order valence-corrected chi connectivity index (χ1v) is 8.26. The van der Waals surface area contributed by atoms with E-state index in [9.17, 15) is 9.59 Å². The third-order valence-electron chi connectivity index (χ3n) is 4.10. The summed E-state index contributed by atoms with van der Waals surface area (Å²) >= 11 is 0. The molecule has 0 spiro atoms. The lowest BCUT2D eigenvalue weighted by atomic mass is 9.98. The number of carbonyl (C=O) groups excluding carboxylic acids is 2. The molecule has 1 heterocycles. The van der Waals surface area contributed by atoms with E-state index in [1.807, 2.05) is 60.7 Å². The Balaban J connectivity index is 1.60. The molecule has 3 rings (SSSR count). The van der Waals surface area contributed by atoms with Crippen molar-refractivity contribution in [3.8, 4) is 0 Å². The van der Waals surface area contributed by atoms with Crippen molar-refractivity contribution in [1.82, 2.24) is 16.2 Å². The Morgan fingerprint density at radius 3 is 2.32 bits per heavy atom. The van der Waals surface area contributed by atoms with Crippen LogP contribution in [0.25, 0.3) is 0 Å². The van der Waals surface area contributed by atoms with E-state index in [2.05, 4.69) is 16.2 Å². The average molecular weight is 339 g/mol. The van der Waals surface area contributed by atoms with Gasteiger partial charge in [0.2, 0.25) is 5.91 Å². The van der Waals surface area contributed by atoms with Gasteiger partial charge in [0.05, 0.1) is 12.1 Å². The van der Waals surface area contributed by atoms with Crippen molar-refractivity contribution in [3.63, 3.8) is 0 Å². The summed E-state index contributed by atoms with van der Waals surface area (Å²) in [6.07, 6.45) is 0.426. The van der Waals surface area contributed by atoms with Gasteiger partial charge >= 0.3 is 6.09 Å². The topological polar surface area (TPSA) is 79.5 Å². The minimum Gasteiger partial charge on any atom is -0.445 e. The average Bonchev–Trinajstić information content (AvgIpc) is 3.08. The molecule has 1 aliphatic rings. The highest BCUT2D eigenvalue weighted by molar-refractivity contribution is 5.78. The zero-order chi connectivity index (χ0) is 17.5. The summed E-state index contributed by atoms with van der Waals surface area (Å²) in [5, 5.41) is 2.88. The van der Waals surface area contributed by atoms with E-state index in [1.54, 1.807) is 0 Å². The lowest BCUT2D eigenvalue weighted by Gasteiger charge is -2.23. The van der Waals surface area contributed by atoms with Crippen molar-refractivity contribution < 1.29 is 14.3 Å². The Kier molecular flexibility index (Phi) is 5.64. The summed E-state index contributed by atoms with van der Waals surface area (Å²) in [6, 6.07) is 18.9. The van der Waals surface area contributed by atoms with E-state index in [0.717, 1.165) is 11.1 Å². The summed E-state index contributed by atoms with van der Waals surface area (Å²) < 4.78 is 5.30. The van der Waals surface area contributed by atoms with E-state index in [1.165, 1.54) is 0 Å². The molecule has 0 bridgehead atoms. The Bertz CT molecular complexity index is 706. The lowest BCUT2D eigenvalue weighted by molar-refractivity contribution is -0.119. The Morgan fingerprint density at radius 2 is 1.72 bits per heavy atom. The fraction of sp³-hybridized carbons (Fsp3) is 0.263. The molecule has 0 unspecified atom stereocenters. The standard InChI is InChI=1S/C19H21N3O3/c23-18-12-17(21-22-18)16(11-14-7-3-1-4-8-14)20-19(24)25-13-15-9-5-2-6-10-15/h1-10,16-17,21H,11-13H2,(H,20,24)(H,22,23)/t16-,17+/m0/s1. The van der Waals surface area contributed by atoms with Gasteiger partial charge in [0.15, 0.2) is 0 Å². The lowest BCUT2D eigenvalue weighted by Crippen LogP contribution is -2.50. The maximum Gasteiger partial charge on any atom is 0.407 e. The Hall–Kier alpha value is -2.86. The van der Waals surface area contributed by atoms with Gasteiger partial charge in [-0.05, 0) is 17.5 Å². The minimum absolute atomic E-state index is 0.0810. The van der Waals surface area contributed by atoms with Gasteiger partial charge in [-0.1, -0.05) is 60.7 Å². The number of hydrogen-bond donors (Lipinski definition) is 3. The highest BCUT2D eigenvalue weighted by atomic mass is 16.5. The van der Waals surface area contributed by atoms with Crippen LogP contribution in [0.15, 0.2) is 60.7 Å². The van der Waals surface area contributed by atoms with E-state index < -0.39 is 6.09 Å². The molecule has 1 fully saturated rings. The van der Waals surface area contributed by atoms with Crippen molar-refractivity contribution in [2.24, 2.45) is 0 Å². The quantitative estimate of drug-likeness (QED) is 0.751. The predicted molar refractivity (Wildman–Crippen MR) is 93.4 cm³/mol. The predicted octanol–water partition coefficient (Wildman–Crippen LogP) is 1.92. The number of ether oxygens (including phenoxy) is 1. The minimum atomic E-state index is -0.495. The Labute approximate surface area is 146 Å². The zero-order valence-corrected chi connectivity index (χ0v) is 13.8. The highest BCUT2D eigenvalue weighted by Gasteiger charge is 2.30. The first-order valence-electron chi connectivity index (χ1n) is 8.26. The van der Waals surface area contributed by atoms with E-state index in [-0.39, 0.29) is 24.6 Å². The van der Waals surface area contributed by atoms with Gasteiger partial charge in [-0.15, -0.1) is 0 Å². The molecule has 0 aromatic heterocycles. The number of benzene rings is 2.